The summed E-state index contributed by atoms with van der Waals surface area (Å²) in [5.41, 5.74) is 10.5. The van der Waals surface area contributed by atoms with Crippen molar-refractivity contribution in [3.8, 4) is 0 Å². The van der Waals surface area contributed by atoms with Crippen molar-refractivity contribution < 1.29 is 4.74 Å². The largest absolute Gasteiger partial charge is 0.486 e. The Morgan fingerprint density at radius 1 is 1.18 bits per heavy atom. The van der Waals surface area contributed by atoms with Gasteiger partial charge in [0.05, 0.1) is 13.2 Å². The van der Waals surface area contributed by atoms with Gasteiger partial charge in [-0.3, -0.25) is 0 Å². The molecule has 0 amide bonds. The predicted molar refractivity (Wildman–Crippen MR) is 50.5 cm³/mol. The van der Waals surface area contributed by atoms with E-state index in [1.807, 2.05) is 0 Å². The summed E-state index contributed by atoms with van der Waals surface area (Å²) < 4.78 is 5.10. The van der Waals surface area contributed by atoms with Gasteiger partial charge in [0.2, 0.25) is 0 Å². The maximum atomic E-state index is 5.31. The summed E-state index contributed by atoms with van der Waals surface area (Å²) in [5, 5.41) is 0.498. The Hall–Kier alpha value is -0.190. The van der Waals surface area contributed by atoms with Gasteiger partial charge in [0.15, 0.2) is 5.05 Å². The van der Waals surface area contributed by atoms with Crippen molar-refractivity contribution >= 4 is 17.3 Å². The van der Waals surface area contributed by atoms with Crippen molar-refractivity contribution in [2.75, 3.05) is 19.7 Å². The number of rotatable bonds is 6. The lowest BCUT2D eigenvalue weighted by Gasteiger charge is -2.03. The first-order valence-corrected chi connectivity index (χ1v) is 4.28. The monoisotopic (exact) mass is 176 g/mol. The number of thiocarbonyl (C=S) groups is 1. The summed E-state index contributed by atoms with van der Waals surface area (Å²) >= 11 is 4.76. The molecule has 0 saturated carbocycles. The van der Waals surface area contributed by atoms with Gasteiger partial charge in [0.1, 0.15) is 0 Å². The van der Waals surface area contributed by atoms with Crippen LogP contribution in [0.15, 0.2) is 0 Å². The highest BCUT2D eigenvalue weighted by atomic mass is 32.1. The quantitative estimate of drug-likeness (QED) is 0.455. The van der Waals surface area contributed by atoms with Crippen LogP contribution in [0.1, 0.15) is 19.3 Å². The van der Waals surface area contributed by atoms with Crippen molar-refractivity contribution in [3.05, 3.63) is 0 Å². The molecule has 0 aromatic rings. The predicted octanol–water partition coefficient (Wildman–Crippen LogP) is 0.418. The van der Waals surface area contributed by atoms with Crippen LogP contribution < -0.4 is 11.5 Å². The Kier molecular flexibility index (Phi) is 7.78. The molecule has 0 aliphatic rings. The van der Waals surface area contributed by atoms with Crippen LogP contribution in [0.3, 0.4) is 0 Å². The van der Waals surface area contributed by atoms with E-state index >= 15 is 0 Å². The zero-order valence-electron chi connectivity index (χ0n) is 6.71. The van der Waals surface area contributed by atoms with Gasteiger partial charge in [-0.25, -0.2) is 0 Å². The van der Waals surface area contributed by atoms with Gasteiger partial charge in [-0.1, -0.05) is 0 Å². The SMILES string of the molecule is NCCCCCOC(=S)CN. The van der Waals surface area contributed by atoms with E-state index in [9.17, 15) is 0 Å². The fourth-order valence-electron chi connectivity index (χ4n) is 0.668. The molecule has 3 nitrogen and oxygen atoms in total. The molecule has 0 saturated heterocycles. The van der Waals surface area contributed by atoms with Crippen LogP contribution >= 0.6 is 12.2 Å². The first-order chi connectivity index (χ1) is 5.31. The van der Waals surface area contributed by atoms with Crippen LogP contribution in [-0.4, -0.2) is 24.7 Å². The molecule has 11 heavy (non-hydrogen) atoms. The lowest BCUT2D eigenvalue weighted by molar-refractivity contribution is 0.296. The molecule has 0 fully saturated rings. The van der Waals surface area contributed by atoms with E-state index in [4.69, 9.17) is 28.4 Å². The minimum atomic E-state index is 0.340. The zero-order chi connectivity index (χ0) is 8.53. The van der Waals surface area contributed by atoms with Gasteiger partial charge in [-0.15, -0.1) is 0 Å². The number of unbranched alkanes of at least 4 members (excludes halogenated alkanes) is 2. The molecule has 66 valence electrons. The topological polar surface area (TPSA) is 61.3 Å². The maximum Gasteiger partial charge on any atom is 0.173 e. The second kappa shape index (κ2) is 7.91. The summed E-state index contributed by atoms with van der Waals surface area (Å²) in [6, 6.07) is 0. The van der Waals surface area contributed by atoms with Crippen molar-refractivity contribution in [2.24, 2.45) is 11.5 Å². The first-order valence-electron chi connectivity index (χ1n) is 3.87. The van der Waals surface area contributed by atoms with Crippen molar-refractivity contribution in [2.45, 2.75) is 19.3 Å². The molecule has 0 spiro atoms. The normalized spacial score (nSPS) is 9.64. The number of ether oxygens (including phenoxy) is 1. The molecule has 0 rings (SSSR count). The fourth-order valence-corrected chi connectivity index (χ4v) is 0.751. The Labute approximate surface area is 73.1 Å². The molecule has 4 heteroatoms. The lowest BCUT2D eigenvalue weighted by atomic mass is 10.2. The molecular weight excluding hydrogens is 160 g/mol. The summed E-state index contributed by atoms with van der Waals surface area (Å²) in [4.78, 5) is 0. The third-order valence-corrected chi connectivity index (χ3v) is 1.56. The minimum Gasteiger partial charge on any atom is -0.486 e. The van der Waals surface area contributed by atoms with Crippen molar-refractivity contribution in [3.63, 3.8) is 0 Å². The third kappa shape index (κ3) is 7.71. The van der Waals surface area contributed by atoms with Crippen LogP contribution in [0, 0.1) is 0 Å². The van der Waals surface area contributed by atoms with Crippen LogP contribution in [0.5, 0.6) is 0 Å². The number of nitrogens with two attached hydrogens (primary N) is 2. The molecule has 0 aliphatic heterocycles. The van der Waals surface area contributed by atoms with Crippen LogP contribution in [0.25, 0.3) is 0 Å². The van der Waals surface area contributed by atoms with Crippen molar-refractivity contribution in [1.82, 2.24) is 0 Å². The standard InChI is InChI=1S/C7H16N2OS/c8-4-2-1-3-5-10-7(11)6-9/h1-6,8-9H2. The molecule has 0 unspecified atom stereocenters. The van der Waals surface area contributed by atoms with E-state index in [0.29, 0.717) is 18.2 Å². The van der Waals surface area contributed by atoms with Crippen LogP contribution in [-0.2, 0) is 4.74 Å². The summed E-state index contributed by atoms with van der Waals surface area (Å²) in [5.74, 6) is 0. The molecule has 0 heterocycles. The lowest BCUT2D eigenvalue weighted by Crippen LogP contribution is -2.15. The Bertz CT molecular complexity index is 109. The van der Waals surface area contributed by atoms with Crippen LogP contribution in [0.2, 0.25) is 0 Å². The Morgan fingerprint density at radius 2 is 1.91 bits per heavy atom. The van der Waals surface area contributed by atoms with Gasteiger partial charge >= 0.3 is 0 Å². The first kappa shape index (κ1) is 10.8. The van der Waals surface area contributed by atoms with E-state index in [0.717, 1.165) is 25.8 Å². The van der Waals surface area contributed by atoms with E-state index < -0.39 is 0 Å². The minimum absolute atomic E-state index is 0.340. The third-order valence-electron chi connectivity index (χ3n) is 1.28. The van der Waals surface area contributed by atoms with Crippen LogP contribution in [0.4, 0.5) is 0 Å². The fraction of sp³-hybridized carbons (Fsp3) is 0.857. The molecule has 0 radical (unpaired) electrons. The second-order valence-electron chi connectivity index (χ2n) is 2.27. The smallest absolute Gasteiger partial charge is 0.173 e. The number of hydrogen-bond acceptors (Lipinski definition) is 4. The summed E-state index contributed by atoms with van der Waals surface area (Å²) in [6.45, 7) is 1.77. The number of hydrogen-bond donors (Lipinski definition) is 2. The Balaban J connectivity index is 2.95. The molecule has 0 atom stereocenters. The molecule has 0 aromatic heterocycles. The van der Waals surface area contributed by atoms with Gasteiger partial charge in [0, 0.05) is 0 Å². The highest BCUT2D eigenvalue weighted by Gasteiger charge is 1.92. The van der Waals surface area contributed by atoms with Gasteiger partial charge in [0.25, 0.3) is 0 Å². The maximum absolute atomic E-state index is 5.31. The highest BCUT2D eigenvalue weighted by molar-refractivity contribution is 7.80. The zero-order valence-corrected chi connectivity index (χ0v) is 7.53. The summed E-state index contributed by atoms with van der Waals surface area (Å²) in [6.07, 6.45) is 3.17. The molecule has 0 aromatic carbocycles. The average Bonchev–Trinajstić information content (AvgIpc) is 2.04. The molecule has 0 bridgehead atoms. The van der Waals surface area contributed by atoms with Gasteiger partial charge < -0.3 is 16.2 Å². The van der Waals surface area contributed by atoms with Crippen molar-refractivity contribution in [1.29, 1.82) is 0 Å². The van der Waals surface area contributed by atoms with Gasteiger partial charge in [-0.2, -0.15) is 0 Å². The summed E-state index contributed by atoms with van der Waals surface area (Å²) in [7, 11) is 0. The van der Waals surface area contributed by atoms with Gasteiger partial charge in [-0.05, 0) is 38.0 Å². The van der Waals surface area contributed by atoms with E-state index in [1.165, 1.54) is 0 Å². The molecule has 4 N–H and O–H groups in total. The van der Waals surface area contributed by atoms with E-state index in [-0.39, 0.29) is 0 Å². The van der Waals surface area contributed by atoms with E-state index in [2.05, 4.69) is 0 Å². The highest BCUT2D eigenvalue weighted by Crippen LogP contribution is 1.94. The average molecular weight is 176 g/mol. The van der Waals surface area contributed by atoms with E-state index in [1.54, 1.807) is 0 Å². The molecule has 0 aliphatic carbocycles. The molecular formula is C7H16N2OS. The Morgan fingerprint density at radius 3 is 2.45 bits per heavy atom. The second-order valence-corrected chi connectivity index (χ2v) is 2.73.